The van der Waals surface area contributed by atoms with Crippen molar-refractivity contribution in [2.45, 2.75) is 49.8 Å². The van der Waals surface area contributed by atoms with Crippen molar-refractivity contribution < 1.29 is 9.53 Å². The first-order valence-electron chi connectivity index (χ1n) is 10.6. The maximum Gasteiger partial charge on any atom is 0.230 e. The van der Waals surface area contributed by atoms with Gasteiger partial charge in [0.25, 0.3) is 0 Å². The van der Waals surface area contributed by atoms with Crippen LogP contribution in [-0.2, 0) is 16.1 Å². The van der Waals surface area contributed by atoms with Crippen LogP contribution in [0.15, 0.2) is 29.4 Å². The highest BCUT2D eigenvalue weighted by Gasteiger charge is 2.21. The van der Waals surface area contributed by atoms with E-state index >= 15 is 0 Å². The Kier molecular flexibility index (Phi) is 7.65. The first-order chi connectivity index (χ1) is 14.7. The predicted molar refractivity (Wildman–Crippen MR) is 118 cm³/mol. The van der Waals surface area contributed by atoms with Gasteiger partial charge in [0.1, 0.15) is 0 Å². The number of nitrogens with one attached hydrogen (secondary N) is 1. The molecule has 1 aromatic carbocycles. The van der Waals surface area contributed by atoms with E-state index in [0.29, 0.717) is 23.4 Å². The van der Waals surface area contributed by atoms with Gasteiger partial charge in [-0.1, -0.05) is 42.6 Å². The van der Waals surface area contributed by atoms with E-state index in [1.807, 2.05) is 28.8 Å². The zero-order valence-electron chi connectivity index (χ0n) is 17.1. The van der Waals surface area contributed by atoms with Crippen LogP contribution in [0.1, 0.15) is 37.9 Å². The molecule has 1 aromatic heterocycles. The van der Waals surface area contributed by atoms with Crippen LogP contribution in [0.3, 0.4) is 0 Å². The molecule has 1 aliphatic heterocycles. The van der Waals surface area contributed by atoms with Crippen molar-refractivity contribution in [3.63, 3.8) is 0 Å². The minimum Gasteiger partial charge on any atom is -0.379 e. The number of carbonyl (C=O) groups excluding carboxylic acids is 1. The third-order valence-corrected chi connectivity index (χ3v) is 6.74. The number of nitrogens with zero attached hydrogens (tertiary/aromatic N) is 4. The Bertz CT molecular complexity index is 832. The quantitative estimate of drug-likeness (QED) is 0.654. The Morgan fingerprint density at radius 1 is 1.13 bits per heavy atom. The summed E-state index contributed by atoms with van der Waals surface area (Å²) >= 11 is 7.51. The molecule has 0 spiro atoms. The minimum atomic E-state index is 0.0623. The van der Waals surface area contributed by atoms with Crippen molar-refractivity contribution >= 4 is 29.3 Å². The molecule has 4 rings (SSSR count). The van der Waals surface area contributed by atoms with Crippen molar-refractivity contribution in [3.05, 3.63) is 35.1 Å². The third-order valence-electron chi connectivity index (χ3n) is 5.56. The summed E-state index contributed by atoms with van der Waals surface area (Å²) in [5, 5.41) is 13.4. The second kappa shape index (κ2) is 10.6. The summed E-state index contributed by atoms with van der Waals surface area (Å²) in [7, 11) is 0. The molecule has 1 aliphatic carbocycles. The molecule has 2 fully saturated rings. The van der Waals surface area contributed by atoms with Crippen LogP contribution in [0.25, 0.3) is 5.69 Å². The number of benzene rings is 1. The van der Waals surface area contributed by atoms with Gasteiger partial charge in [0.05, 0.1) is 25.5 Å². The lowest BCUT2D eigenvalue weighted by Gasteiger charge is -2.26. The molecule has 0 bridgehead atoms. The van der Waals surface area contributed by atoms with E-state index < -0.39 is 0 Å². The van der Waals surface area contributed by atoms with E-state index in [2.05, 4.69) is 20.4 Å². The number of ether oxygens (including phenoxy) is 1. The molecule has 2 heterocycles. The van der Waals surface area contributed by atoms with Crippen LogP contribution in [0, 0.1) is 0 Å². The lowest BCUT2D eigenvalue weighted by Crippen LogP contribution is -2.37. The molecular formula is C21H28ClN5O2S. The first kappa shape index (κ1) is 21.6. The van der Waals surface area contributed by atoms with Gasteiger partial charge >= 0.3 is 0 Å². The van der Waals surface area contributed by atoms with Gasteiger partial charge in [0.15, 0.2) is 11.0 Å². The SMILES string of the molecule is O=C(CSc1nnc(CN2CCOCC2)n1-c1ccc(Cl)cc1)NC1CCCCC1. The Labute approximate surface area is 186 Å². The van der Waals surface area contributed by atoms with Crippen LogP contribution in [-0.4, -0.2) is 63.7 Å². The van der Waals surface area contributed by atoms with Crippen molar-refractivity contribution in [3.8, 4) is 5.69 Å². The fraction of sp³-hybridized carbons (Fsp3) is 0.571. The predicted octanol–water partition coefficient (Wildman–Crippen LogP) is 3.29. The van der Waals surface area contributed by atoms with E-state index in [-0.39, 0.29) is 5.91 Å². The largest absolute Gasteiger partial charge is 0.379 e. The smallest absolute Gasteiger partial charge is 0.230 e. The molecule has 30 heavy (non-hydrogen) atoms. The van der Waals surface area contributed by atoms with Gasteiger partial charge in [-0.05, 0) is 37.1 Å². The van der Waals surface area contributed by atoms with Gasteiger partial charge in [-0.3, -0.25) is 14.3 Å². The normalized spacial score (nSPS) is 18.4. The summed E-state index contributed by atoms with van der Waals surface area (Å²) in [5.74, 6) is 1.25. The Balaban J connectivity index is 1.47. The van der Waals surface area contributed by atoms with Gasteiger partial charge in [-0.15, -0.1) is 10.2 Å². The highest BCUT2D eigenvalue weighted by atomic mass is 35.5. The van der Waals surface area contributed by atoms with Crippen molar-refractivity contribution in [1.29, 1.82) is 0 Å². The molecule has 0 atom stereocenters. The van der Waals surface area contributed by atoms with E-state index in [9.17, 15) is 4.79 Å². The maximum absolute atomic E-state index is 12.5. The molecule has 1 saturated carbocycles. The van der Waals surface area contributed by atoms with Gasteiger partial charge in [0, 0.05) is 29.8 Å². The number of hydrogen-bond donors (Lipinski definition) is 1. The highest BCUT2D eigenvalue weighted by molar-refractivity contribution is 7.99. The average Bonchev–Trinajstić information content (AvgIpc) is 3.16. The summed E-state index contributed by atoms with van der Waals surface area (Å²) in [4.78, 5) is 14.8. The summed E-state index contributed by atoms with van der Waals surface area (Å²) in [6.07, 6.45) is 5.85. The number of rotatable bonds is 7. The molecule has 1 N–H and O–H groups in total. The summed E-state index contributed by atoms with van der Waals surface area (Å²) < 4.78 is 7.48. The summed E-state index contributed by atoms with van der Waals surface area (Å²) in [5.41, 5.74) is 0.947. The Morgan fingerprint density at radius 3 is 2.60 bits per heavy atom. The summed E-state index contributed by atoms with van der Waals surface area (Å²) in [6.45, 7) is 3.91. The van der Waals surface area contributed by atoms with Crippen molar-refractivity contribution in [2.75, 3.05) is 32.1 Å². The van der Waals surface area contributed by atoms with Crippen LogP contribution in [0.4, 0.5) is 0 Å². The van der Waals surface area contributed by atoms with Gasteiger partial charge in [-0.2, -0.15) is 0 Å². The Hall–Kier alpha value is -1.61. The van der Waals surface area contributed by atoms with Crippen LogP contribution < -0.4 is 5.32 Å². The van der Waals surface area contributed by atoms with Crippen LogP contribution in [0.2, 0.25) is 5.02 Å². The van der Waals surface area contributed by atoms with Crippen molar-refractivity contribution in [1.82, 2.24) is 25.0 Å². The summed E-state index contributed by atoms with van der Waals surface area (Å²) in [6, 6.07) is 7.96. The van der Waals surface area contributed by atoms with Crippen LogP contribution >= 0.6 is 23.4 Å². The van der Waals surface area contributed by atoms with E-state index in [1.165, 1.54) is 31.0 Å². The number of hydrogen-bond acceptors (Lipinski definition) is 6. The number of amides is 1. The fourth-order valence-electron chi connectivity index (χ4n) is 3.95. The molecule has 9 heteroatoms. The van der Waals surface area contributed by atoms with Crippen molar-refractivity contribution in [2.24, 2.45) is 0 Å². The number of morpholine rings is 1. The number of carbonyl (C=O) groups is 1. The zero-order valence-corrected chi connectivity index (χ0v) is 18.6. The van der Waals surface area contributed by atoms with E-state index in [0.717, 1.165) is 55.8 Å². The Morgan fingerprint density at radius 2 is 1.87 bits per heavy atom. The zero-order chi connectivity index (χ0) is 20.8. The number of halogens is 1. The second-order valence-corrected chi connectivity index (χ2v) is 9.17. The monoisotopic (exact) mass is 449 g/mol. The first-order valence-corrected chi connectivity index (χ1v) is 12.0. The highest BCUT2D eigenvalue weighted by Crippen LogP contribution is 2.24. The molecule has 2 aromatic rings. The molecular weight excluding hydrogens is 422 g/mol. The molecule has 0 radical (unpaired) electrons. The van der Waals surface area contributed by atoms with E-state index in [4.69, 9.17) is 16.3 Å². The third kappa shape index (κ3) is 5.75. The topological polar surface area (TPSA) is 72.3 Å². The second-order valence-electron chi connectivity index (χ2n) is 7.79. The lowest BCUT2D eigenvalue weighted by molar-refractivity contribution is -0.119. The van der Waals surface area contributed by atoms with Crippen LogP contribution in [0.5, 0.6) is 0 Å². The number of thioether (sulfide) groups is 1. The molecule has 1 saturated heterocycles. The maximum atomic E-state index is 12.5. The van der Waals surface area contributed by atoms with Gasteiger partial charge in [-0.25, -0.2) is 0 Å². The molecule has 0 unspecified atom stereocenters. The molecule has 2 aliphatic rings. The molecule has 162 valence electrons. The standard InChI is InChI=1S/C21H28ClN5O2S/c22-16-6-8-18(9-7-16)27-19(14-26-10-12-29-13-11-26)24-25-21(27)30-15-20(28)23-17-4-2-1-3-5-17/h6-9,17H,1-5,10-15H2,(H,23,28). The minimum absolute atomic E-state index is 0.0623. The van der Waals surface area contributed by atoms with Gasteiger partial charge < -0.3 is 10.1 Å². The average molecular weight is 450 g/mol. The van der Waals surface area contributed by atoms with E-state index in [1.54, 1.807) is 0 Å². The lowest BCUT2D eigenvalue weighted by atomic mass is 9.95. The number of aromatic nitrogens is 3. The molecule has 7 nitrogen and oxygen atoms in total. The van der Waals surface area contributed by atoms with Gasteiger partial charge in [0.2, 0.25) is 5.91 Å². The fourth-order valence-corrected chi connectivity index (χ4v) is 4.86. The molecule has 1 amide bonds.